The van der Waals surface area contributed by atoms with Crippen molar-refractivity contribution in [3.63, 3.8) is 0 Å². The third-order valence-electron chi connectivity index (χ3n) is 3.81. The van der Waals surface area contributed by atoms with Gasteiger partial charge < -0.3 is 15.2 Å². The standard InChI is InChI=1S/C16H17FN4O5S/c1-9-3-11(26-2)6-14(19-9)18-7-10-4-12(17)16(13(22)5-10)21-8-15(23)20-27(21,24)25/h3-6,22H,7-8H2,1-2H3,(H,18,19)(H,20,23). The number of rotatable bonds is 5. The maximum Gasteiger partial charge on any atom is 0.326 e. The molecule has 0 atom stereocenters. The zero-order valence-electron chi connectivity index (χ0n) is 14.5. The molecule has 3 rings (SSSR count). The minimum Gasteiger partial charge on any atom is -0.506 e. The van der Waals surface area contributed by atoms with Crippen molar-refractivity contribution in [2.75, 3.05) is 23.3 Å². The molecular formula is C16H17FN4O5S. The number of phenols is 1. The van der Waals surface area contributed by atoms with E-state index in [1.165, 1.54) is 13.2 Å². The number of halogens is 1. The monoisotopic (exact) mass is 396 g/mol. The van der Waals surface area contributed by atoms with Crippen molar-refractivity contribution in [1.82, 2.24) is 9.71 Å². The molecule has 2 aromatic rings. The Balaban J connectivity index is 1.83. The fourth-order valence-electron chi connectivity index (χ4n) is 2.67. The number of amides is 1. The number of phenolic OH excluding ortho intramolecular Hbond substituents is 1. The fraction of sp³-hybridized carbons (Fsp3) is 0.250. The van der Waals surface area contributed by atoms with Crippen LogP contribution in [-0.4, -0.2) is 38.1 Å². The summed E-state index contributed by atoms with van der Waals surface area (Å²) in [5.74, 6) is -1.28. The van der Waals surface area contributed by atoms with E-state index in [0.717, 1.165) is 11.8 Å². The first-order chi connectivity index (χ1) is 12.7. The number of hydrogen-bond donors (Lipinski definition) is 3. The number of anilines is 2. The number of carbonyl (C=O) groups is 1. The number of benzene rings is 1. The second-order valence-corrected chi connectivity index (χ2v) is 7.46. The lowest BCUT2D eigenvalue weighted by molar-refractivity contribution is -0.117. The molecule has 0 saturated carbocycles. The Morgan fingerprint density at radius 1 is 1.37 bits per heavy atom. The van der Waals surface area contributed by atoms with Gasteiger partial charge in [0.25, 0.3) is 5.91 Å². The number of hydrogen-bond acceptors (Lipinski definition) is 7. The summed E-state index contributed by atoms with van der Waals surface area (Å²) in [6, 6.07) is 5.70. The summed E-state index contributed by atoms with van der Waals surface area (Å²) in [6.07, 6.45) is 0. The van der Waals surface area contributed by atoms with Crippen molar-refractivity contribution >= 4 is 27.6 Å². The largest absolute Gasteiger partial charge is 0.506 e. The summed E-state index contributed by atoms with van der Waals surface area (Å²) in [6.45, 7) is 1.31. The highest BCUT2D eigenvalue weighted by molar-refractivity contribution is 7.92. The maximum atomic E-state index is 14.5. The van der Waals surface area contributed by atoms with Crippen molar-refractivity contribution in [1.29, 1.82) is 0 Å². The van der Waals surface area contributed by atoms with Gasteiger partial charge in [-0.3, -0.25) is 4.79 Å². The quantitative estimate of drug-likeness (QED) is 0.690. The predicted molar refractivity (Wildman–Crippen MR) is 95.3 cm³/mol. The molecule has 2 heterocycles. The van der Waals surface area contributed by atoms with E-state index in [-0.39, 0.29) is 6.54 Å². The molecule has 144 valence electrons. The number of nitrogens with one attached hydrogen (secondary N) is 2. The van der Waals surface area contributed by atoms with Crippen LogP contribution in [0.2, 0.25) is 0 Å². The number of ether oxygens (including phenoxy) is 1. The van der Waals surface area contributed by atoms with Crippen molar-refractivity contribution in [3.8, 4) is 11.5 Å². The molecule has 11 heteroatoms. The van der Waals surface area contributed by atoms with E-state index >= 15 is 0 Å². The predicted octanol–water partition coefficient (Wildman–Crippen LogP) is 1.04. The maximum absolute atomic E-state index is 14.5. The number of nitrogens with zero attached hydrogens (tertiary/aromatic N) is 2. The smallest absolute Gasteiger partial charge is 0.326 e. The molecule has 0 radical (unpaired) electrons. The van der Waals surface area contributed by atoms with Crippen LogP contribution in [0, 0.1) is 12.7 Å². The van der Waals surface area contributed by atoms with Gasteiger partial charge in [-0.1, -0.05) is 0 Å². The second-order valence-electron chi connectivity index (χ2n) is 5.87. The van der Waals surface area contributed by atoms with Gasteiger partial charge in [-0.15, -0.1) is 0 Å². The minimum absolute atomic E-state index is 0.119. The highest BCUT2D eigenvalue weighted by atomic mass is 32.2. The van der Waals surface area contributed by atoms with Gasteiger partial charge in [-0.2, -0.15) is 8.42 Å². The molecule has 1 aromatic heterocycles. The van der Waals surface area contributed by atoms with Gasteiger partial charge in [-0.25, -0.2) is 18.4 Å². The Morgan fingerprint density at radius 2 is 2.11 bits per heavy atom. The Hall–Kier alpha value is -3.08. The minimum atomic E-state index is -4.22. The number of aryl methyl sites for hydroxylation is 1. The molecule has 1 saturated heterocycles. The van der Waals surface area contributed by atoms with Crippen LogP contribution in [0.25, 0.3) is 0 Å². The number of methoxy groups -OCH3 is 1. The molecule has 1 aliphatic heterocycles. The third-order valence-corrected chi connectivity index (χ3v) is 5.19. The van der Waals surface area contributed by atoms with Crippen molar-refractivity contribution in [3.05, 3.63) is 41.3 Å². The van der Waals surface area contributed by atoms with Crippen LogP contribution in [0.3, 0.4) is 0 Å². The van der Waals surface area contributed by atoms with Gasteiger partial charge in [0.05, 0.1) is 7.11 Å². The molecular weight excluding hydrogens is 379 g/mol. The van der Waals surface area contributed by atoms with E-state index < -0.39 is 39.9 Å². The zero-order chi connectivity index (χ0) is 19.8. The average Bonchev–Trinajstić information content (AvgIpc) is 2.84. The van der Waals surface area contributed by atoms with Crippen LogP contribution in [0.1, 0.15) is 11.3 Å². The lowest BCUT2D eigenvalue weighted by Crippen LogP contribution is -2.30. The average molecular weight is 396 g/mol. The summed E-state index contributed by atoms with van der Waals surface area (Å²) >= 11 is 0. The SMILES string of the molecule is COc1cc(C)nc(NCc2cc(O)c(N3CC(=O)NS3(=O)=O)c(F)c2)c1. The van der Waals surface area contributed by atoms with Gasteiger partial charge in [0.1, 0.15) is 29.5 Å². The van der Waals surface area contributed by atoms with Crippen molar-refractivity contribution < 1.29 is 27.4 Å². The van der Waals surface area contributed by atoms with E-state index in [1.54, 1.807) is 23.8 Å². The van der Waals surface area contributed by atoms with Crippen LogP contribution in [0.15, 0.2) is 24.3 Å². The molecule has 1 aromatic carbocycles. The number of carbonyl (C=O) groups excluding carboxylic acids is 1. The molecule has 1 aliphatic rings. The van der Waals surface area contributed by atoms with Gasteiger partial charge in [0.15, 0.2) is 5.82 Å². The topological polar surface area (TPSA) is 121 Å². The molecule has 9 nitrogen and oxygen atoms in total. The first kappa shape index (κ1) is 18.7. The molecule has 3 N–H and O–H groups in total. The Kier molecular flexibility index (Phi) is 4.79. The fourth-order valence-corrected chi connectivity index (χ4v) is 3.84. The Morgan fingerprint density at radius 3 is 2.70 bits per heavy atom. The summed E-state index contributed by atoms with van der Waals surface area (Å²) < 4.78 is 45.5. The van der Waals surface area contributed by atoms with Crippen LogP contribution in [-0.2, 0) is 21.5 Å². The number of aromatic hydroxyl groups is 1. The molecule has 1 amide bonds. The van der Waals surface area contributed by atoms with E-state index in [9.17, 15) is 22.7 Å². The summed E-state index contributed by atoms with van der Waals surface area (Å²) in [5, 5.41) is 13.1. The molecule has 1 fully saturated rings. The van der Waals surface area contributed by atoms with Crippen molar-refractivity contribution in [2.24, 2.45) is 0 Å². The molecule has 0 spiro atoms. The van der Waals surface area contributed by atoms with Crippen LogP contribution in [0.5, 0.6) is 11.5 Å². The summed E-state index contributed by atoms with van der Waals surface area (Å²) in [5.41, 5.74) is 0.497. The van der Waals surface area contributed by atoms with Gasteiger partial charge in [0, 0.05) is 24.4 Å². The van der Waals surface area contributed by atoms with E-state index in [0.29, 0.717) is 21.4 Å². The first-order valence-corrected chi connectivity index (χ1v) is 9.25. The van der Waals surface area contributed by atoms with Gasteiger partial charge >= 0.3 is 10.2 Å². The second kappa shape index (κ2) is 6.91. The number of pyridine rings is 1. The third kappa shape index (κ3) is 3.87. The Labute approximate surface area is 155 Å². The van der Waals surface area contributed by atoms with Crippen LogP contribution >= 0.6 is 0 Å². The van der Waals surface area contributed by atoms with E-state index in [1.807, 2.05) is 0 Å². The van der Waals surface area contributed by atoms with E-state index in [2.05, 4.69) is 10.3 Å². The molecule has 0 bridgehead atoms. The molecule has 0 unspecified atom stereocenters. The highest BCUT2D eigenvalue weighted by Gasteiger charge is 2.37. The first-order valence-electron chi connectivity index (χ1n) is 7.81. The van der Waals surface area contributed by atoms with Gasteiger partial charge in [-0.05, 0) is 24.6 Å². The summed E-state index contributed by atoms with van der Waals surface area (Å²) in [4.78, 5) is 15.6. The van der Waals surface area contributed by atoms with Crippen LogP contribution < -0.4 is 19.1 Å². The Bertz CT molecular complexity index is 989. The van der Waals surface area contributed by atoms with E-state index in [4.69, 9.17) is 4.74 Å². The highest BCUT2D eigenvalue weighted by Crippen LogP contribution is 2.34. The van der Waals surface area contributed by atoms with Crippen LogP contribution in [0.4, 0.5) is 15.9 Å². The normalized spacial score (nSPS) is 15.5. The summed E-state index contributed by atoms with van der Waals surface area (Å²) in [7, 11) is -2.70. The molecule has 0 aliphatic carbocycles. The lowest BCUT2D eigenvalue weighted by Gasteiger charge is -2.18. The zero-order valence-corrected chi connectivity index (χ0v) is 15.3. The van der Waals surface area contributed by atoms with Gasteiger partial charge in [0.2, 0.25) is 0 Å². The lowest BCUT2D eigenvalue weighted by atomic mass is 10.1. The number of aromatic nitrogens is 1. The molecule has 27 heavy (non-hydrogen) atoms. The van der Waals surface area contributed by atoms with Crippen molar-refractivity contribution in [2.45, 2.75) is 13.5 Å².